The van der Waals surface area contributed by atoms with E-state index in [4.69, 9.17) is 21.7 Å². The highest BCUT2D eigenvalue weighted by Gasteiger charge is 2.29. The second-order valence-electron chi connectivity index (χ2n) is 7.53. The molecular formula is C20H26FN5O2S. The molecule has 7 nitrogen and oxygen atoms in total. The summed E-state index contributed by atoms with van der Waals surface area (Å²) >= 11 is 4.97. The number of hydrogen-bond donors (Lipinski definition) is 1. The minimum Gasteiger partial charge on any atom is -0.474 e. The van der Waals surface area contributed by atoms with Gasteiger partial charge in [-0.2, -0.15) is 5.10 Å². The van der Waals surface area contributed by atoms with Gasteiger partial charge in [0.1, 0.15) is 18.3 Å². The number of nitrogens with one attached hydrogen (secondary N) is 1. The first kappa shape index (κ1) is 19.8. The van der Waals surface area contributed by atoms with Crippen molar-refractivity contribution >= 4 is 35.1 Å². The summed E-state index contributed by atoms with van der Waals surface area (Å²) in [6.45, 7) is 7.52. The number of anilines is 2. The molecule has 0 amide bonds. The van der Waals surface area contributed by atoms with Crippen LogP contribution in [-0.4, -0.2) is 62.5 Å². The van der Waals surface area contributed by atoms with Gasteiger partial charge >= 0.3 is 0 Å². The van der Waals surface area contributed by atoms with E-state index in [9.17, 15) is 4.39 Å². The quantitative estimate of drug-likeness (QED) is 0.711. The summed E-state index contributed by atoms with van der Waals surface area (Å²) in [5.74, 6) is 0.983. The van der Waals surface area contributed by atoms with Crippen molar-refractivity contribution in [2.24, 2.45) is 11.0 Å². The van der Waals surface area contributed by atoms with Gasteiger partial charge in [0, 0.05) is 18.8 Å². The van der Waals surface area contributed by atoms with Crippen LogP contribution in [0.5, 0.6) is 0 Å². The molecule has 2 aliphatic heterocycles. The highest BCUT2D eigenvalue weighted by molar-refractivity contribution is 7.80. The molecule has 0 bridgehead atoms. The second-order valence-corrected chi connectivity index (χ2v) is 7.90. The van der Waals surface area contributed by atoms with Gasteiger partial charge in [-0.3, -0.25) is 5.01 Å². The zero-order chi connectivity index (χ0) is 20.4. The van der Waals surface area contributed by atoms with Gasteiger partial charge in [-0.25, -0.2) is 4.39 Å². The van der Waals surface area contributed by atoms with Crippen molar-refractivity contribution in [3.8, 4) is 0 Å². The summed E-state index contributed by atoms with van der Waals surface area (Å²) in [5, 5.41) is 9.82. The van der Waals surface area contributed by atoms with Crippen molar-refractivity contribution in [1.82, 2.24) is 10.3 Å². The first-order valence-corrected chi connectivity index (χ1v) is 10.2. The maximum atomic E-state index is 14.9. The summed E-state index contributed by atoms with van der Waals surface area (Å²) in [7, 11) is 1.51. The van der Waals surface area contributed by atoms with Crippen LogP contribution < -0.4 is 15.1 Å². The molecule has 0 aromatic heterocycles. The first-order chi connectivity index (χ1) is 14.0. The molecule has 1 atom stereocenters. The maximum Gasteiger partial charge on any atom is 0.256 e. The Morgan fingerprint density at radius 3 is 2.90 bits per heavy atom. The smallest absolute Gasteiger partial charge is 0.256 e. The lowest BCUT2D eigenvalue weighted by molar-refractivity contribution is 0.170. The van der Waals surface area contributed by atoms with E-state index in [1.165, 1.54) is 26.0 Å². The SMILES string of the molecule is C=C1OC(CNC(=S)OC)CN1c1ccc(N2C=NN(CC3CC3)CC2)c(F)c1. The summed E-state index contributed by atoms with van der Waals surface area (Å²) in [6, 6.07) is 5.18. The highest BCUT2D eigenvalue weighted by atomic mass is 32.1. The number of hydrogen-bond acceptors (Lipinski definition) is 7. The summed E-state index contributed by atoms with van der Waals surface area (Å²) in [5.41, 5.74) is 1.23. The number of ether oxygens (including phenoxy) is 2. The van der Waals surface area contributed by atoms with E-state index < -0.39 is 0 Å². The highest BCUT2D eigenvalue weighted by Crippen LogP contribution is 2.32. The molecule has 1 N–H and O–H groups in total. The molecule has 4 rings (SSSR count). The fourth-order valence-corrected chi connectivity index (χ4v) is 3.60. The van der Waals surface area contributed by atoms with Crippen LogP contribution in [0.25, 0.3) is 0 Å². The predicted molar refractivity (Wildman–Crippen MR) is 116 cm³/mol. The zero-order valence-corrected chi connectivity index (χ0v) is 17.3. The van der Waals surface area contributed by atoms with E-state index in [2.05, 4.69) is 22.0 Å². The van der Waals surface area contributed by atoms with Crippen molar-refractivity contribution in [1.29, 1.82) is 0 Å². The Balaban J connectivity index is 1.38. The molecular weight excluding hydrogens is 393 g/mol. The minimum atomic E-state index is -0.292. The van der Waals surface area contributed by atoms with E-state index in [0.29, 0.717) is 35.5 Å². The van der Waals surface area contributed by atoms with E-state index in [0.717, 1.165) is 25.6 Å². The molecule has 0 spiro atoms. The lowest BCUT2D eigenvalue weighted by atomic mass is 10.2. The summed E-state index contributed by atoms with van der Waals surface area (Å²) in [4.78, 5) is 3.72. The van der Waals surface area contributed by atoms with Crippen LogP contribution in [0.15, 0.2) is 35.8 Å². The fraction of sp³-hybridized carbons (Fsp3) is 0.500. The molecule has 1 aromatic carbocycles. The number of methoxy groups -OCH3 is 1. The van der Waals surface area contributed by atoms with Crippen molar-refractivity contribution in [3.05, 3.63) is 36.5 Å². The lowest BCUT2D eigenvalue weighted by Gasteiger charge is -2.30. The largest absolute Gasteiger partial charge is 0.474 e. The van der Waals surface area contributed by atoms with E-state index >= 15 is 0 Å². The topological polar surface area (TPSA) is 52.6 Å². The van der Waals surface area contributed by atoms with E-state index in [1.54, 1.807) is 12.4 Å². The molecule has 1 aromatic rings. The third-order valence-corrected chi connectivity index (χ3v) is 5.63. The van der Waals surface area contributed by atoms with Crippen LogP contribution in [0.1, 0.15) is 12.8 Å². The lowest BCUT2D eigenvalue weighted by Crippen LogP contribution is -2.39. The average Bonchev–Trinajstić information content (AvgIpc) is 3.46. The number of thiocarbonyl (C=S) groups is 1. The van der Waals surface area contributed by atoms with Crippen LogP contribution in [0, 0.1) is 11.7 Å². The van der Waals surface area contributed by atoms with Crippen LogP contribution in [0.2, 0.25) is 0 Å². The van der Waals surface area contributed by atoms with E-state index in [1.807, 2.05) is 15.9 Å². The Morgan fingerprint density at radius 1 is 1.41 bits per heavy atom. The molecule has 2 heterocycles. The van der Waals surface area contributed by atoms with Gasteiger partial charge in [0.15, 0.2) is 5.88 Å². The Bertz CT molecular complexity index is 816. The van der Waals surface area contributed by atoms with E-state index in [-0.39, 0.29) is 11.9 Å². The monoisotopic (exact) mass is 419 g/mol. The van der Waals surface area contributed by atoms with Crippen LogP contribution in [-0.2, 0) is 9.47 Å². The molecule has 156 valence electrons. The number of rotatable bonds is 6. The molecule has 29 heavy (non-hydrogen) atoms. The first-order valence-electron chi connectivity index (χ1n) is 9.83. The molecule has 1 saturated heterocycles. The number of benzene rings is 1. The van der Waals surface area contributed by atoms with Crippen LogP contribution in [0.4, 0.5) is 15.8 Å². The molecule has 1 saturated carbocycles. The molecule has 1 unspecified atom stereocenters. The van der Waals surface area contributed by atoms with Gasteiger partial charge in [0.05, 0.1) is 32.4 Å². The summed E-state index contributed by atoms with van der Waals surface area (Å²) < 4.78 is 25.5. The standard InChI is InChI=1S/C20H26FN5O2S/c1-14-26(12-17(28-14)10-22-20(29)27-2)16-5-6-19(18(21)9-16)24-7-8-25(23-13-24)11-15-3-4-15/h5-6,9,13,15,17H,1,3-4,7-8,10-12H2,2H3,(H,22,29). The third kappa shape index (κ3) is 4.72. The van der Waals surface area contributed by atoms with Crippen LogP contribution >= 0.6 is 12.2 Å². The average molecular weight is 420 g/mol. The van der Waals surface area contributed by atoms with Gasteiger partial charge in [-0.05, 0) is 55.8 Å². The fourth-order valence-electron chi connectivity index (χ4n) is 3.51. The van der Waals surface area contributed by atoms with Crippen molar-refractivity contribution in [2.75, 3.05) is 49.6 Å². The van der Waals surface area contributed by atoms with Crippen molar-refractivity contribution in [2.45, 2.75) is 18.9 Å². The number of nitrogens with zero attached hydrogens (tertiary/aromatic N) is 4. The molecule has 9 heteroatoms. The number of halogens is 1. The third-order valence-electron chi connectivity index (χ3n) is 5.32. The van der Waals surface area contributed by atoms with Crippen molar-refractivity contribution < 1.29 is 13.9 Å². The van der Waals surface area contributed by atoms with Gasteiger partial charge in [-0.1, -0.05) is 0 Å². The molecule has 2 fully saturated rings. The zero-order valence-electron chi connectivity index (χ0n) is 16.5. The van der Waals surface area contributed by atoms with Gasteiger partial charge < -0.3 is 24.6 Å². The summed E-state index contributed by atoms with van der Waals surface area (Å²) in [6.07, 6.45) is 4.17. The van der Waals surface area contributed by atoms with Crippen LogP contribution in [0.3, 0.4) is 0 Å². The van der Waals surface area contributed by atoms with Gasteiger partial charge in [0.2, 0.25) is 0 Å². The molecule has 3 aliphatic rings. The predicted octanol–water partition coefficient (Wildman–Crippen LogP) is 2.50. The Hall–Kier alpha value is -2.55. The number of hydrazone groups is 1. The molecule has 0 radical (unpaired) electrons. The normalized spacial score (nSPS) is 21.4. The Kier molecular flexibility index (Phi) is 5.75. The maximum absolute atomic E-state index is 14.9. The van der Waals surface area contributed by atoms with Gasteiger partial charge in [-0.15, -0.1) is 0 Å². The van der Waals surface area contributed by atoms with Crippen molar-refractivity contribution in [3.63, 3.8) is 0 Å². The molecule has 1 aliphatic carbocycles. The Morgan fingerprint density at radius 2 is 2.24 bits per heavy atom. The van der Waals surface area contributed by atoms with Gasteiger partial charge in [0.25, 0.3) is 5.17 Å². The Labute approximate surface area is 175 Å². The minimum absolute atomic E-state index is 0.148. The second kappa shape index (κ2) is 8.44.